The van der Waals surface area contributed by atoms with Crippen LogP contribution in [0.3, 0.4) is 0 Å². The van der Waals surface area contributed by atoms with Crippen molar-refractivity contribution in [2.24, 2.45) is 7.05 Å². The molecule has 5 heteroatoms. The van der Waals surface area contributed by atoms with Gasteiger partial charge in [-0.1, -0.05) is 0 Å². The highest BCUT2D eigenvalue weighted by Crippen LogP contribution is 2.12. The average molecular weight is 195 g/mol. The molecule has 0 bridgehead atoms. The summed E-state index contributed by atoms with van der Waals surface area (Å²) in [5.41, 5.74) is 7.75. The van der Waals surface area contributed by atoms with E-state index in [1.165, 1.54) is 0 Å². The lowest BCUT2D eigenvalue weighted by Gasteiger charge is -2.27. The number of aromatic nitrogens is 2. The summed E-state index contributed by atoms with van der Waals surface area (Å²) in [6.07, 6.45) is 1.72. The third-order valence-corrected chi connectivity index (χ3v) is 2.68. The van der Waals surface area contributed by atoms with Crippen LogP contribution in [0, 0.1) is 0 Å². The molecule has 3 N–H and O–H groups in total. The molecule has 1 saturated heterocycles. The Labute approximate surface area is 83.9 Å². The molecule has 0 spiro atoms. The van der Waals surface area contributed by atoms with E-state index in [-0.39, 0.29) is 0 Å². The molecule has 0 atom stereocenters. The van der Waals surface area contributed by atoms with Gasteiger partial charge >= 0.3 is 0 Å². The molecule has 0 aliphatic carbocycles. The molecule has 0 radical (unpaired) electrons. The van der Waals surface area contributed by atoms with E-state index in [9.17, 15) is 0 Å². The van der Waals surface area contributed by atoms with E-state index in [1.807, 2.05) is 11.7 Å². The number of piperazine rings is 1. The summed E-state index contributed by atoms with van der Waals surface area (Å²) in [5, 5.41) is 7.46. The number of rotatable bonds is 2. The minimum absolute atomic E-state index is 0.797. The zero-order valence-electron chi connectivity index (χ0n) is 8.53. The van der Waals surface area contributed by atoms with Crippen LogP contribution in [0.1, 0.15) is 5.69 Å². The molecule has 0 aromatic carbocycles. The second-order valence-corrected chi connectivity index (χ2v) is 3.70. The lowest BCUT2D eigenvalue weighted by Crippen LogP contribution is -2.43. The van der Waals surface area contributed by atoms with Gasteiger partial charge in [-0.3, -0.25) is 9.58 Å². The fourth-order valence-corrected chi connectivity index (χ4v) is 1.75. The second-order valence-electron chi connectivity index (χ2n) is 3.70. The number of nitrogen functional groups attached to an aromatic ring is 1. The maximum absolute atomic E-state index is 5.83. The first-order valence-electron chi connectivity index (χ1n) is 4.97. The van der Waals surface area contributed by atoms with E-state index in [4.69, 9.17) is 5.73 Å². The van der Waals surface area contributed by atoms with E-state index in [1.54, 1.807) is 6.20 Å². The molecule has 1 aliphatic rings. The van der Waals surface area contributed by atoms with Crippen molar-refractivity contribution in [2.75, 3.05) is 31.9 Å². The molecule has 1 fully saturated rings. The highest BCUT2D eigenvalue weighted by Gasteiger charge is 2.13. The maximum Gasteiger partial charge on any atom is 0.0750 e. The Morgan fingerprint density at radius 2 is 2.21 bits per heavy atom. The third kappa shape index (κ3) is 1.88. The summed E-state index contributed by atoms with van der Waals surface area (Å²) in [6.45, 7) is 5.22. The first-order chi connectivity index (χ1) is 6.77. The van der Waals surface area contributed by atoms with E-state index in [2.05, 4.69) is 15.3 Å². The quantitative estimate of drug-likeness (QED) is 0.662. The molecule has 5 nitrogen and oxygen atoms in total. The number of aryl methyl sites for hydroxylation is 1. The molecular formula is C9H17N5. The number of anilines is 1. The number of nitrogens with zero attached hydrogens (tertiary/aromatic N) is 3. The van der Waals surface area contributed by atoms with Gasteiger partial charge in [0.2, 0.25) is 0 Å². The standard InChI is InChI=1S/C9H17N5/c1-13-9(8(10)6-12-13)7-14-4-2-11-3-5-14/h6,11H,2-5,7,10H2,1H3. The van der Waals surface area contributed by atoms with Crippen molar-refractivity contribution in [3.05, 3.63) is 11.9 Å². The van der Waals surface area contributed by atoms with Crippen molar-refractivity contribution in [1.29, 1.82) is 0 Å². The summed E-state index contributed by atoms with van der Waals surface area (Å²) < 4.78 is 1.86. The van der Waals surface area contributed by atoms with Crippen LogP contribution in [0.25, 0.3) is 0 Å². The van der Waals surface area contributed by atoms with Gasteiger partial charge in [0, 0.05) is 39.8 Å². The summed E-state index contributed by atoms with van der Waals surface area (Å²) in [6, 6.07) is 0. The third-order valence-electron chi connectivity index (χ3n) is 2.68. The van der Waals surface area contributed by atoms with E-state index >= 15 is 0 Å². The molecule has 78 valence electrons. The Kier molecular flexibility index (Phi) is 2.69. The van der Waals surface area contributed by atoms with Gasteiger partial charge in [0.15, 0.2) is 0 Å². The SMILES string of the molecule is Cn1ncc(N)c1CN1CCNCC1. The topological polar surface area (TPSA) is 59.1 Å². The highest BCUT2D eigenvalue weighted by molar-refractivity contribution is 5.40. The number of nitrogens with one attached hydrogen (secondary N) is 1. The van der Waals surface area contributed by atoms with Gasteiger partial charge in [0.25, 0.3) is 0 Å². The highest BCUT2D eigenvalue weighted by atomic mass is 15.3. The van der Waals surface area contributed by atoms with Crippen LogP contribution in [0.5, 0.6) is 0 Å². The Balaban J connectivity index is 2.02. The zero-order valence-corrected chi connectivity index (χ0v) is 8.53. The average Bonchev–Trinajstić information content (AvgIpc) is 2.51. The molecule has 0 unspecified atom stereocenters. The second kappa shape index (κ2) is 3.98. The molecule has 2 rings (SSSR count). The minimum Gasteiger partial charge on any atom is -0.396 e. The van der Waals surface area contributed by atoms with E-state index < -0.39 is 0 Å². The summed E-state index contributed by atoms with van der Waals surface area (Å²) in [7, 11) is 1.94. The summed E-state index contributed by atoms with van der Waals surface area (Å²) >= 11 is 0. The van der Waals surface area contributed by atoms with Crippen molar-refractivity contribution in [1.82, 2.24) is 20.0 Å². The van der Waals surface area contributed by atoms with Crippen molar-refractivity contribution in [3.63, 3.8) is 0 Å². The van der Waals surface area contributed by atoms with Crippen LogP contribution < -0.4 is 11.1 Å². The fraction of sp³-hybridized carbons (Fsp3) is 0.667. The molecule has 1 aromatic heterocycles. The van der Waals surface area contributed by atoms with Crippen molar-refractivity contribution >= 4 is 5.69 Å². The van der Waals surface area contributed by atoms with Crippen LogP contribution in [0.15, 0.2) is 6.20 Å². The predicted molar refractivity (Wildman–Crippen MR) is 55.8 cm³/mol. The largest absolute Gasteiger partial charge is 0.396 e. The predicted octanol–water partition coefficient (Wildman–Crippen LogP) is -0.592. The van der Waals surface area contributed by atoms with E-state index in [0.717, 1.165) is 44.1 Å². The van der Waals surface area contributed by atoms with Crippen molar-refractivity contribution in [3.8, 4) is 0 Å². The Hall–Kier alpha value is -1.07. The van der Waals surface area contributed by atoms with Crippen LogP contribution in [0.4, 0.5) is 5.69 Å². The molecule has 14 heavy (non-hydrogen) atoms. The Morgan fingerprint density at radius 1 is 1.50 bits per heavy atom. The van der Waals surface area contributed by atoms with Crippen LogP contribution in [-0.2, 0) is 13.6 Å². The van der Waals surface area contributed by atoms with Gasteiger partial charge in [-0.2, -0.15) is 5.10 Å². The van der Waals surface area contributed by atoms with Crippen molar-refractivity contribution in [2.45, 2.75) is 6.54 Å². The first-order valence-corrected chi connectivity index (χ1v) is 4.97. The number of nitrogens with two attached hydrogens (primary N) is 1. The number of hydrogen-bond acceptors (Lipinski definition) is 4. The fourth-order valence-electron chi connectivity index (χ4n) is 1.75. The van der Waals surface area contributed by atoms with Gasteiger partial charge in [0.1, 0.15) is 0 Å². The van der Waals surface area contributed by atoms with E-state index in [0.29, 0.717) is 0 Å². The van der Waals surface area contributed by atoms with Gasteiger partial charge in [-0.05, 0) is 0 Å². The normalized spacial score (nSPS) is 18.6. The Morgan fingerprint density at radius 3 is 2.79 bits per heavy atom. The summed E-state index contributed by atoms with van der Waals surface area (Å²) in [4.78, 5) is 2.39. The van der Waals surface area contributed by atoms with Crippen LogP contribution in [-0.4, -0.2) is 40.9 Å². The maximum atomic E-state index is 5.83. The van der Waals surface area contributed by atoms with Crippen molar-refractivity contribution < 1.29 is 0 Å². The summed E-state index contributed by atoms with van der Waals surface area (Å²) in [5.74, 6) is 0. The smallest absolute Gasteiger partial charge is 0.0750 e. The molecular weight excluding hydrogens is 178 g/mol. The zero-order chi connectivity index (χ0) is 9.97. The van der Waals surface area contributed by atoms with Crippen LogP contribution in [0.2, 0.25) is 0 Å². The molecule has 1 aromatic rings. The molecule has 0 saturated carbocycles. The molecule has 2 heterocycles. The number of hydrogen-bond donors (Lipinski definition) is 2. The first kappa shape index (κ1) is 9.48. The Bertz CT molecular complexity index is 281. The van der Waals surface area contributed by atoms with Gasteiger partial charge in [0.05, 0.1) is 17.6 Å². The lowest BCUT2D eigenvalue weighted by atomic mass is 10.3. The van der Waals surface area contributed by atoms with Gasteiger partial charge < -0.3 is 11.1 Å². The molecule has 1 aliphatic heterocycles. The lowest BCUT2D eigenvalue weighted by molar-refractivity contribution is 0.228. The monoisotopic (exact) mass is 195 g/mol. The van der Waals surface area contributed by atoms with Gasteiger partial charge in [-0.15, -0.1) is 0 Å². The molecule has 0 amide bonds. The minimum atomic E-state index is 0.797. The van der Waals surface area contributed by atoms with Gasteiger partial charge in [-0.25, -0.2) is 0 Å². The van der Waals surface area contributed by atoms with Crippen LogP contribution >= 0.6 is 0 Å².